The van der Waals surface area contributed by atoms with Gasteiger partial charge in [0.25, 0.3) is 0 Å². The van der Waals surface area contributed by atoms with Crippen LogP contribution in [0, 0.1) is 0 Å². The van der Waals surface area contributed by atoms with Gasteiger partial charge >= 0.3 is 11.9 Å². The van der Waals surface area contributed by atoms with Crippen LogP contribution in [0.3, 0.4) is 0 Å². The summed E-state index contributed by atoms with van der Waals surface area (Å²) >= 11 is 0. The maximum atomic E-state index is 11.2. The van der Waals surface area contributed by atoms with Crippen molar-refractivity contribution >= 4 is 11.9 Å². The van der Waals surface area contributed by atoms with Crippen molar-refractivity contribution in [3.8, 4) is 5.75 Å². The van der Waals surface area contributed by atoms with Crippen LogP contribution in [0.2, 0.25) is 0 Å². The smallest absolute Gasteiger partial charge is 0.331 e. The molecule has 0 spiro atoms. The number of phenols is 1. The summed E-state index contributed by atoms with van der Waals surface area (Å²) in [5, 5.41) is 9.43. The quantitative estimate of drug-likeness (QED) is 0.634. The maximum Gasteiger partial charge on any atom is 0.331 e. The second-order valence-electron chi connectivity index (χ2n) is 3.32. The Kier molecular flexibility index (Phi) is 5.44. The highest BCUT2D eigenvalue weighted by molar-refractivity contribution is 5.91. The van der Waals surface area contributed by atoms with Crippen LogP contribution in [0.4, 0.5) is 0 Å². The van der Waals surface area contributed by atoms with Crippen LogP contribution in [0.1, 0.15) is 12.5 Å². The summed E-state index contributed by atoms with van der Waals surface area (Å²) in [5.74, 6) is -1.22. The van der Waals surface area contributed by atoms with Crippen molar-refractivity contribution in [2.75, 3.05) is 6.61 Å². The molecule has 5 heteroatoms. The lowest BCUT2D eigenvalue weighted by atomic mass is 10.2. The number of aromatic hydroxyl groups is 1. The number of hydrogen-bond acceptors (Lipinski definition) is 5. The van der Waals surface area contributed by atoms with Gasteiger partial charge in [-0.1, -0.05) is 18.2 Å². The molecule has 0 aromatic heterocycles. The van der Waals surface area contributed by atoms with E-state index in [2.05, 4.69) is 4.74 Å². The maximum absolute atomic E-state index is 11.2. The number of carbonyl (C=O) groups is 2. The molecule has 0 heterocycles. The Bertz CT molecular complexity index is 450. The van der Waals surface area contributed by atoms with Crippen LogP contribution < -0.4 is 0 Å². The predicted octanol–water partition coefficient (Wildman–Crippen LogP) is 1.55. The average molecular weight is 250 g/mol. The van der Waals surface area contributed by atoms with E-state index < -0.39 is 11.9 Å². The normalized spacial score (nSPS) is 10.3. The first-order valence-corrected chi connectivity index (χ1v) is 5.42. The van der Waals surface area contributed by atoms with Gasteiger partial charge in [-0.05, 0) is 13.0 Å². The second kappa shape index (κ2) is 7.11. The van der Waals surface area contributed by atoms with E-state index in [0.717, 1.165) is 12.2 Å². The fraction of sp³-hybridized carbons (Fsp3) is 0.231. The zero-order chi connectivity index (χ0) is 13.4. The van der Waals surface area contributed by atoms with Crippen LogP contribution in [0.5, 0.6) is 5.75 Å². The number of rotatable bonds is 5. The van der Waals surface area contributed by atoms with Gasteiger partial charge in [0.15, 0.2) is 0 Å². The van der Waals surface area contributed by atoms with Crippen molar-refractivity contribution in [3.05, 3.63) is 42.0 Å². The lowest BCUT2D eigenvalue weighted by Gasteiger charge is -2.04. The molecule has 1 aromatic rings. The van der Waals surface area contributed by atoms with Gasteiger partial charge < -0.3 is 14.6 Å². The molecule has 0 aliphatic carbocycles. The number of carbonyl (C=O) groups excluding carboxylic acids is 2. The molecule has 96 valence electrons. The van der Waals surface area contributed by atoms with Gasteiger partial charge in [-0.3, -0.25) is 0 Å². The fourth-order valence-corrected chi connectivity index (χ4v) is 1.16. The van der Waals surface area contributed by atoms with Crippen molar-refractivity contribution in [3.63, 3.8) is 0 Å². The molecule has 0 aliphatic rings. The van der Waals surface area contributed by atoms with Gasteiger partial charge in [-0.25, -0.2) is 9.59 Å². The van der Waals surface area contributed by atoms with Gasteiger partial charge in [-0.2, -0.15) is 0 Å². The Labute approximate surface area is 105 Å². The number of phenolic OH excluding ortho intramolecular Hbond substituents is 1. The number of ether oxygens (including phenoxy) is 2. The van der Waals surface area contributed by atoms with E-state index in [1.165, 1.54) is 6.07 Å². The molecule has 5 nitrogen and oxygen atoms in total. The summed E-state index contributed by atoms with van der Waals surface area (Å²) in [6.45, 7) is 1.86. The first kappa shape index (κ1) is 13.8. The van der Waals surface area contributed by atoms with E-state index in [1.807, 2.05) is 0 Å². The summed E-state index contributed by atoms with van der Waals surface area (Å²) in [6.07, 6.45) is 1.98. The van der Waals surface area contributed by atoms with Crippen LogP contribution in [0.25, 0.3) is 0 Å². The topological polar surface area (TPSA) is 72.8 Å². The third kappa shape index (κ3) is 4.69. The van der Waals surface area contributed by atoms with E-state index in [9.17, 15) is 14.7 Å². The Morgan fingerprint density at radius 3 is 2.39 bits per heavy atom. The molecule has 18 heavy (non-hydrogen) atoms. The molecule has 0 saturated heterocycles. The van der Waals surface area contributed by atoms with Gasteiger partial charge in [0.2, 0.25) is 0 Å². The van der Waals surface area contributed by atoms with Gasteiger partial charge in [0.1, 0.15) is 12.4 Å². The molecule has 0 amide bonds. The minimum atomic E-state index is -0.675. The molecule has 0 unspecified atom stereocenters. The first-order valence-electron chi connectivity index (χ1n) is 5.42. The van der Waals surface area contributed by atoms with Crippen LogP contribution in [-0.2, 0) is 25.7 Å². The standard InChI is InChI=1S/C13H14O5/c1-2-17-12(15)7-8-13(16)18-9-10-5-3-4-6-11(10)14/h3-8,14H,2,9H2,1H3/b8-7+. The summed E-state index contributed by atoms with van der Waals surface area (Å²) in [6, 6.07) is 6.52. The number of benzene rings is 1. The Hall–Kier alpha value is -2.30. The second-order valence-corrected chi connectivity index (χ2v) is 3.32. The minimum absolute atomic E-state index is 0.0553. The minimum Gasteiger partial charge on any atom is -0.508 e. The number of hydrogen-bond donors (Lipinski definition) is 1. The Morgan fingerprint density at radius 2 is 1.78 bits per heavy atom. The third-order valence-corrected chi connectivity index (χ3v) is 2.00. The Balaban J connectivity index is 2.42. The molecule has 0 fully saturated rings. The van der Waals surface area contributed by atoms with E-state index >= 15 is 0 Å². The molecule has 0 atom stereocenters. The van der Waals surface area contributed by atoms with Crippen LogP contribution in [0.15, 0.2) is 36.4 Å². The summed E-state index contributed by atoms with van der Waals surface area (Å²) in [4.78, 5) is 22.2. The average Bonchev–Trinajstić information content (AvgIpc) is 2.36. The monoisotopic (exact) mass is 250 g/mol. The molecule has 0 aliphatic heterocycles. The molecule has 0 bridgehead atoms. The number of para-hydroxylation sites is 1. The summed E-state index contributed by atoms with van der Waals surface area (Å²) < 4.78 is 9.44. The molecule has 1 aromatic carbocycles. The Morgan fingerprint density at radius 1 is 1.17 bits per heavy atom. The van der Waals surface area contributed by atoms with E-state index in [0.29, 0.717) is 5.56 Å². The highest BCUT2D eigenvalue weighted by atomic mass is 16.5. The zero-order valence-electron chi connectivity index (χ0n) is 9.96. The SMILES string of the molecule is CCOC(=O)/C=C/C(=O)OCc1ccccc1O. The van der Waals surface area contributed by atoms with Crippen LogP contribution in [-0.4, -0.2) is 23.7 Å². The third-order valence-electron chi connectivity index (χ3n) is 2.00. The molecule has 1 rings (SSSR count). The van der Waals surface area contributed by atoms with Crippen molar-refractivity contribution in [2.45, 2.75) is 13.5 Å². The molecular formula is C13H14O5. The molecule has 0 radical (unpaired) electrons. The first-order chi connectivity index (χ1) is 8.63. The van der Waals surface area contributed by atoms with Crippen molar-refractivity contribution < 1.29 is 24.2 Å². The van der Waals surface area contributed by atoms with Gasteiger partial charge in [0, 0.05) is 17.7 Å². The largest absolute Gasteiger partial charge is 0.508 e. The van der Waals surface area contributed by atoms with Crippen LogP contribution >= 0.6 is 0 Å². The fourth-order valence-electron chi connectivity index (χ4n) is 1.16. The predicted molar refractivity (Wildman–Crippen MR) is 63.7 cm³/mol. The van der Waals surface area contributed by atoms with Gasteiger partial charge in [0.05, 0.1) is 6.61 Å². The lowest BCUT2D eigenvalue weighted by Crippen LogP contribution is -2.04. The molecule has 1 N–H and O–H groups in total. The summed E-state index contributed by atoms with van der Waals surface area (Å²) in [5.41, 5.74) is 0.496. The summed E-state index contributed by atoms with van der Waals surface area (Å²) in [7, 11) is 0. The lowest BCUT2D eigenvalue weighted by molar-refractivity contribution is -0.141. The number of esters is 2. The van der Waals surface area contributed by atoms with E-state index in [1.54, 1.807) is 25.1 Å². The molecule has 0 saturated carbocycles. The van der Waals surface area contributed by atoms with Gasteiger partial charge in [-0.15, -0.1) is 0 Å². The zero-order valence-corrected chi connectivity index (χ0v) is 9.96. The van der Waals surface area contributed by atoms with Crippen molar-refractivity contribution in [1.29, 1.82) is 0 Å². The van der Waals surface area contributed by atoms with Crippen molar-refractivity contribution in [2.24, 2.45) is 0 Å². The van der Waals surface area contributed by atoms with E-state index in [4.69, 9.17) is 4.74 Å². The molecular weight excluding hydrogens is 236 g/mol. The highest BCUT2D eigenvalue weighted by Crippen LogP contribution is 2.16. The van der Waals surface area contributed by atoms with E-state index in [-0.39, 0.29) is 19.0 Å². The van der Waals surface area contributed by atoms with Crippen molar-refractivity contribution in [1.82, 2.24) is 0 Å². The highest BCUT2D eigenvalue weighted by Gasteiger charge is 2.03.